The Bertz CT molecular complexity index is 1170. The molecule has 0 bridgehead atoms. The quantitative estimate of drug-likeness (QED) is 0.171. The average molecular weight is 596 g/mol. The maximum Gasteiger partial charge on any atom is 0.402 e. The van der Waals surface area contributed by atoms with E-state index in [1.165, 1.54) is 35.2 Å². The molecular formula is C33H46F5N3O. The summed E-state index contributed by atoms with van der Waals surface area (Å²) < 4.78 is 65.2. The standard InChI is InChI=1S/C24H36F3N3O.C9H10F2/c1-8-20(19-11-10-12-19)21(17(4)28-9-2)18(5)29-13-14-30(16(3)15-29)22(31)23(6,7)24(25,26)27;1-2-3-7-4-8(10)6-9(11)5-7/h8-9,16,19H,2,10-15H2,1,3-7H3;4-6H,2-3H2,1H3/b20-8-,21-18-,28-17?;. The fourth-order valence-corrected chi connectivity index (χ4v) is 5.43. The number of rotatable bonds is 8. The number of carbonyl (C=O) groups is 1. The van der Waals surface area contributed by atoms with Crippen LogP contribution in [0, 0.1) is 23.0 Å². The summed E-state index contributed by atoms with van der Waals surface area (Å²) in [6.45, 7) is 16.7. The van der Waals surface area contributed by atoms with Crippen LogP contribution in [-0.2, 0) is 11.2 Å². The van der Waals surface area contributed by atoms with Crippen molar-refractivity contribution in [1.82, 2.24) is 9.80 Å². The lowest BCUT2D eigenvalue weighted by molar-refractivity contribution is -0.219. The summed E-state index contributed by atoms with van der Waals surface area (Å²) in [5.74, 6) is -1.33. The molecule has 3 rings (SSSR count). The Morgan fingerprint density at radius 1 is 1.10 bits per heavy atom. The van der Waals surface area contributed by atoms with Gasteiger partial charge < -0.3 is 9.80 Å². The van der Waals surface area contributed by atoms with Crippen LogP contribution in [-0.4, -0.2) is 53.3 Å². The molecule has 1 aromatic rings. The molecule has 4 nitrogen and oxygen atoms in total. The van der Waals surface area contributed by atoms with Gasteiger partial charge in [0.1, 0.15) is 17.0 Å². The second kappa shape index (κ2) is 15.0. The van der Waals surface area contributed by atoms with Gasteiger partial charge in [0.05, 0.1) is 0 Å². The molecule has 2 fully saturated rings. The minimum absolute atomic E-state index is 0.260. The number of aryl methyl sites for hydroxylation is 1. The summed E-state index contributed by atoms with van der Waals surface area (Å²) in [5, 5.41) is 0. The van der Waals surface area contributed by atoms with Crippen LogP contribution < -0.4 is 0 Å². The van der Waals surface area contributed by atoms with Gasteiger partial charge in [-0.3, -0.25) is 9.79 Å². The van der Waals surface area contributed by atoms with Gasteiger partial charge in [-0.2, -0.15) is 13.2 Å². The molecule has 1 atom stereocenters. The lowest BCUT2D eigenvalue weighted by Gasteiger charge is -2.45. The molecule has 0 N–H and O–H groups in total. The Morgan fingerprint density at radius 3 is 2.12 bits per heavy atom. The zero-order chi connectivity index (χ0) is 31.8. The molecule has 1 heterocycles. The van der Waals surface area contributed by atoms with Gasteiger partial charge in [0.2, 0.25) is 5.91 Å². The smallest absolute Gasteiger partial charge is 0.371 e. The lowest BCUT2D eigenvalue weighted by atomic mass is 9.75. The molecule has 2 aliphatic rings. The lowest BCUT2D eigenvalue weighted by Crippen LogP contribution is -2.58. The van der Waals surface area contributed by atoms with Crippen molar-refractivity contribution in [3.63, 3.8) is 0 Å². The van der Waals surface area contributed by atoms with Crippen LogP contribution in [0.15, 0.2) is 58.9 Å². The SMILES string of the molecule is C=CN=C(C)C(/C(=C\C)C1CCC1)=C(\C)N1CCN(C(=O)C(C)(C)C(F)(F)F)C(C)C1.CCCc1cc(F)cc(F)c1. The van der Waals surface area contributed by atoms with Gasteiger partial charge in [0, 0.05) is 54.9 Å². The van der Waals surface area contributed by atoms with E-state index < -0.39 is 29.1 Å². The van der Waals surface area contributed by atoms with Gasteiger partial charge in [0.15, 0.2) is 0 Å². The number of alkyl halides is 3. The van der Waals surface area contributed by atoms with Crippen molar-refractivity contribution in [1.29, 1.82) is 0 Å². The van der Waals surface area contributed by atoms with E-state index in [1.807, 2.05) is 34.6 Å². The number of allylic oxidation sites excluding steroid dienone is 4. The van der Waals surface area contributed by atoms with Gasteiger partial charge in [-0.25, -0.2) is 8.78 Å². The molecule has 42 heavy (non-hydrogen) atoms. The topological polar surface area (TPSA) is 35.9 Å². The number of hydrogen-bond acceptors (Lipinski definition) is 3. The predicted octanol–water partition coefficient (Wildman–Crippen LogP) is 8.65. The van der Waals surface area contributed by atoms with Gasteiger partial charge in [-0.15, -0.1) is 0 Å². The third-order valence-electron chi connectivity index (χ3n) is 8.22. The molecule has 1 aliphatic heterocycles. The summed E-state index contributed by atoms with van der Waals surface area (Å²) in [4.78, 5) is 20.7. The van der Waals surface area contributed by atoms with Gasteiger partial charge in [0.25, 0.3) is 0 Å². The minimum atomic E-state index is -4.58. The van der Waals surface area contributed by atoms with E-state index in [-0.39, 0.29) is 12.6 Å². The zero-order valence-electron chi connectivity index (χ0n) is 26.0. The normalized spacial score (nSPS) is 19.5. The molecular weight excluding hydrogens is 549 g/mol. The van der Waals surface area contributed by atoms with E-state index >= 15 is 0 Å². The number of hydrogen-bond donors (Lipinski definition) is 0. The van der Waals surface area contributed by atoms with E-state index in [2.05, 4.69) is 22.5 Å². The van der Waals surface area contributed by atoms with Gasteiger partial charge in [-0.05, 0) is 90.0 Å². The third-order valence-corrected chi connectivity index (χ3v) is 8.22. The first-order valence-corrected chi connectivity index (χ1v) is 14.7. The van der Waals surface area contributed by atoms with Crippen molar-refractivity contribution in [2.75, 3.05) is 19.6 Å². The highest BCUT2D eigenvalue weighted by Gasteiger charge is 2.55. The van der Waals surface area contributed by atoms with Crippen LogP contribution in [0.1, 0.15) is 79.7 Å². The Labute approximate surface area is 248 Å². The fraction of sp³-hybridized carbons (Fsp3) is 0.576. The fourth-order valence-electron chi connectivity index (χ4n) is 5.43. The highest BCUT2D eigenvalue weighted by molar-refractivity contribution is 6.03. The van der Waals surface area contributed by atoms with Gasteiger partial charge >= 0.3 is 6.18 Å². The molecule has 1 saturated carbocycles. The molecule has 0 radical (unpaired) electrons. The van der Waals surface area contributed by atoms with Crippen molar-refractivity contribution in [2.24, 2.45) is 16.3 Å². The molecule has 1 unspecified atom stereocenters. The number of benzene rings is 1. The number of aliphatic imine (C=N–C) groups is 1. The molecule has 0 spiro atoms. The average Bonchev–Trinajstić information content (AvgIpc) is 2.86. The Hall–Kier alpha value is -2.97. The Kier molecular flexibility index (Phi) is 12.6. The molecule has 1 amide bonds. The summed E-state index contributed by atoms with van der Waals surface area (Å²) >= 11 is 0. The monoisotopic (exact) mass is 595 g/mol. The van der Waals surface area contributed by atoms with Gasteiger partial charge in [-0.1, -0.05) is 32.4 Å². The highest BCUT2D eigenvalue weighted by Crippen LogP contribution is 2.41. The maximum atomic E-state index is 13.4. The van der Waals surface area contributed by atoms with Crippen molar-refractivity contribution < 1.29 is 26.7 Å². The summed E-state index contributed by atoms with van der Waals surface area (Å²) in [6, 6.07) is 3.30. The molecule has 0 aromatic heterocycles. The molecule has 9 heteroatoms. The van der Waals surface area contributed by atoms with Crippen LogP contribution in [0.5, 0.6) is 0 Å². The first kappa shape index (κ1) is 35.2. The number of nitrogens with zero attached hydrogens (tertiary/aromatic N) is 3. The van der Waals surface area contributed by atoms with Crippen molar-refractivity contribution in [2.45, 2.75) is 92.8 Å². The van der Waals surface area contributed by atoms with E-state index in [1.54, 1.807) is 0 Å². The summed E-state index contributed by atoms with van der Waals surface area (Å²) in [6.07, 6.45) is 4.28. The summed E-state index contributed by atoms with van der Waals surface area (Å²) in [5.41, 5.74) is 2.64. The maximum absolute atomic E-state index is 13.4. The highest BCUT2D eigenvalue weighted by atomic mass is 19.4. The zero-order valence-corrected chi connectivity index (χ0v) is 26.0. The second-order valence-corrected chi connectivity index (χ2v) is 11.7. The van der Waals surface area contributed by atoms with Crippen LogP contribution in [0.4, 0.5) is 22.0 Å². The van der Waals surface area contributed by atoms with Crippen molar-refractivity contribution in [3.8, 4) is 0 Å². The molecule has 234 valence electrons. The Balaban J connectivity index is 0.000000468. The van der Waals surface area contributed by atoms with Crippen LogP contribution in [0.2, 0.25) is 0 Å². The largest absolute Gasteiger partial charge is 0.402 e. The molecule has 1 saturated heterocycles. The number of amides is 1. The summed E-state index contributed by atoms with van der Waals surface area (Å²) in [7, 11) is 0. The van der Waals surface area contributed by atoms with Crippen molar-refractivity contribution in [3.05, 3.63) is 71.1 Å². The van der Waals surface area contributed by atoms with E-state index in [4.69, 9.17) is 0 Å². The second-order valence-electron chi connectivity index (χ2n) is 11.7. The van der Waals surface area contributed by atoms with E-state index in [9.17, 15) is 26.7 Å². The van der Waals surface area contributed by atoms with Crippen LogP contribution in [0.3, 0.4) is 0 Å². The van der Waals surface area contributed by atoms with E-state index in [0.717, 1.165) is 68.1 Å². The number of carbonyl (C=O) groups excluding carboxylic acids is 1. The minimum Gasteiger partial charge on any atom is -0.371 e. The third kappa shape index (κ3) is 8.54. The van der Waals surface area contributed by atoms with E-state index in [0.29, 0.717) is 19.0 Å². The van der Waals surface area contributed by atoms with Crippen LogP contribution >= 0.6 is 0 Å². The van der Waals surface area contributed by atoms with Crippen molar-refractivity contribution >= 4 is 11.6 Å². The first-order chi connectivity index (χ1) is 19.6. The predicted molar refractivity (Wildman–Crippen MR) is 160 cm³/mol. The number of halogens is 5. The molecule has 1 aromatic carbocycles. The Morgan fingerprint density at radius 2 is 1.69 bits per heavy atom. The molecule has 1 aliphatic carbocycles. The number of piperazine rings is 1. The van der Waals surface area contributed by atoms with Crippen LogP contribution in [0.25, 0.3) is 0 Å². The first-order valence-electron chi connectivity index (χ1n) is 14.7.